The number of sulfonamides is 2. The Hall–Kier alpha value is -1.12. The molecule has 128 valence electrons. The third-order valence-electron chi connectivity index (χ3n) is 4.74. The van der Waals surface area contributed by atoms with E-state index in [-0.39, 0.29) is 16.6 Å². The molecule has 6 nitrogen and oxygen atoms in total. The molecule has 1 heterocycles. The van der Waals surface area contributed by atoms with Crippen molar-refractivity contribution in [3.63, 3.8) is 0 Å². The molecule has 8 heteroatoms. The lowest BCUT2D eigenvalue weighted by Crippen LogP contribution is -2.34. The first-order chi connectivity index (χ1) is 10.8. The smallest absolute Gasteiger partial charge is 0.238 e. The molecule has 0 radical (unpaired) electrons. The molecule has 1 aliphatic heterocycles. The van der Waals surface area contributed by atoms with Crippen molar-refractivity contribution in [1.82, 2.24) is 0 Å². The summed E-state index contributed by atoms with van der Waals surface area (Å²) in [4.78, 5) is 0.0304. The third-order valence-corrected chi connectivity index (χ3v) is 7.59. The molecule has 3 rings (SSSR count). The van der Waals surface area contributed by atoms with E-state index in [0.29, 0.717) is 18.7 Å². The summed E-state index contributed by atoms with van der Waals surface area (Å²) >= 11 is 0. The highest BCUT2D eigenvalue weighted by Crippen LogP contribution is 2.34. The number of rotatable bonds is 4. The molecule has 1 aromatic carbocycles. The quantitative estimate of drug-likeness (QED) is 0.884. The summed E-state index contributed by atoms with van der Waals surface area (Å²) in [7, 11) is -7.14. The van der Waals surface area contributed by atoms with Gasteiger partial charge in [0, 0.05) is 6.54 Å². The normalized spacial score (nSPS) is 19.8. The van der Waals surface area contributed by atoms with Gasteiger partial charge in [-0.3, -0.25) is 4.31 Å². The first kappa shape index (κ1) is 16.7. The summed E-state index contributed by atoms with van der Waals surface area (Å²) in [6.07, 6.45) is 5.87. The molecule has 0 atom stereocenters. The summed E-state index contributed by atoms with van der Waals surface area (Å²) in [5, 5.41) is 5.14. The highest BCUT2D eigenvalue weighted by atomic mass is 32.2. The second-order valence-electron chi connectivity index (χ2n) is 6.44. The monoisotopic (exact) mass is 358 g/mol. The van der Waals surface area contributed by atoms with Crippen LogP contribution >= 0.6 is 0 Å². The van der Waals surface area contributed by atoms with Crippen LogP contribution in [-0.2, 0) is 26.5 Å². The Balaban J connectivity index is 1.84. The fraction of sp³-hybridized carbons (Fsp3) is 0.600. The second-order valence-corrected chi connectivity index (χ2v) is 9.94. The Morgan fingerprint density at radius 2 is 1.78 bits per heavy atom. The van der Waals surface area contributed by atoms with Crippen LogP contribution in [0.2, 0.25) is 0 Å². The number of nitrogens with two attached hydrogens (primary N) is 1. The zero-order valence-corrected chi connectivity index (χ0v) is 14.6. The van der Waals surface area contributed by atoms with Crippen LogP contribution in [0.3, 0.4) is 0 Å². The lowest BCUT2D eigenvalue weighted by molar-refractivity contribution is 0.385. The average Bonchev–Trinajstić information content (AvgIpc) is 2.90. The second kappa shape index (κ2) is 6.07. The Morgan fingerprint density at radius 3 is 2.43 bits per heavy atom. The zero-order chi connectivity index (χ0) is 16.7. The van der Waals surface area contributed by atoms with E-state index in [0.717, 1.165) is 31.2 Å². The van der Waals surface area contributed by atoms with E-state index in [4.69, 9.17) is 5.14 Å². The fourth-order valence-electron chi connectivity index (χ4n) is 3.56. The molecule has 0 unspecified atom stereocenters. The molecule has 23 heavy (non-hydrogen) atoms. The SMILES string of the molecule is NS(=O)(=O)c1ccc2c(c1)CCN2S(=O)(=O)CC1CCCCC1. The summed E-state index contributed by atoms with van der Waals surface area (Å²) in [5.74, 6) is 0.421. The van der Waals surface area contributed by atoms with Crippen molar-refractivity contribution in [1.29, 1.82) is 0 Å². The van der Waals surface area contributed by atoms with Gasteiger partial charge in [-0.25, -0.2) is 22.0 Å². The van der Waals surface area contributed by atoms with Crippen molar-refractivity contribution in [2.45, 2.75) is 43.4 Å². The first-order valence-electron chi connectivity index (χ1n) is 7.93. The van der Waals surface area contributed by atoms with Crippen LogP contribution in [0.4, 0.5) is 5.69 Å². The predicted octanol–water partition coefficient (Wildman–Crippen LogP) is 1.61. The molecule has 0 amide bonds. The largest absolute Gasteiger partial charge is 0.270 e. The number of benzene rings is 1. The van der Waals surface area contributed by atoms with Gasteiger partial charge in [-0.2, -0.15) is 0 Å². The average molecular weight is 358 g/mol. The lowest BCUT2D eigenvalue weighted by Gasteiger charge is -2.26. The predicted molar refractivity (Wildman–Crippen MR) is 89.2 cm³/mol. The van der Waals surface area contributed by atoms with Crippen LogP contribution in [0.15, 0.2) is 23.1 Å². The van der Waals surface area contributed by atoms with Crippen LogP contribution < -0.4 is 9.44 Å². The van der Waals surface area contributed by atoms with Crippen LogP contribution in [0.25, 0.3) is 0 Å². The van der Waals surface area contributed by atoms with Gasteiger partial charge in [0.25, 0.3) is 0 Å². The minimum atomic E-state index is -3.77. The number of fused-ring (bicyclic) bond motifs is 1. The summed E-state index contributed by atoms with van der Waals surface area (Å²) in [6, 6.07) is 4.42. The first-order valence-corrected chi connectivity index (χ1v) is 11.1. The minimum Gasteiger partial charge on any atom is -0.270 e. The maximum atomic E-state index is 12.7. The van der Waals surface area contributed by atoms with E-state index >= 15 is 0 Å². The third kappa shape index (κ3) is 3.54. The minimum absolute atomic E-state index is 0.0304. The Bertz CT molecular complexity index is 797. The van der Waals surface area contributed by atoms with E-state index in [1.165, 1.54) is 22.9 Å². The zero-order valence-electron chi connectivity index (χ0n) is 12.9. The topological polar surface area (TPSA) is 97.5 Å². The van der Waals surface area contributed by atoms with Crippen LogP contribution in [0, 0.1) is 5.92 Å². The molecule has 0 bridgehead atoms. The van der Waals surface area contributed by atoms with E-state index < -0.39 is 20.0 Å². The molecule has 2 aliphatic rings. The highest BCUT2D eigenvalue weighted by Gasteiger charge is 2.32. The van der Waals surface area contributed by atoms with Gasteiger partial charge >= 0.3 is 0 Å². The molecule has 1 saturated carbocycles. The van der Waals surface area contributed by atoms with Gasteiger partial charge in [0.15, 0.2) is 0 Å². The Labute approximate surface area is 137 Å². The molecule has 0 aromatic heterocycles. The molecular formula is C15H22N2O4S2. The van der Waals surface area contributed by atoms with Gasteiger partial charge in [-0.05, 0) is 48.9 Å². The van der Waals surface area contributed by atoms with Crippen LogP contribution in [0.5, 0.6) is 0 Å². The van der Waals surface area contributed by atoms with Crippen LogP contribution in [0.1, 0.15) is 37.7 Å². The maximum absolute atomic E-state index is 12.7. The number of primary sulfonamides is 1. The van der Waals surface area contributed by atoms with E-state index in [1.807, 2.05) is 0 Å². The lowest BCUT2D eigenvalue weighted by atomic mass is 9.91. The van der Waals surface area contributed by atoms with Crippen LogP contribution in [-0.4, -0.2) is 29.1 Å². The van der Waals surface area contributed by atoms with E-state index in [9.17, 15) is 16.8 Å². The van der Waals surface area contributed by atoms with E-state index in [1.54, 1.807) is 6.07 Å². The standard InChI is InChI=1S/C15H22N2O4S2/c16-23(20,21)14-6-7-15-13(10-14)8-9-17(15)22(18,19)11-12-4-2-1-3-5-12/h6-7,10,12H,1-5,8-9,11H2,(H2,16,20,21). The molecule has 2 N–H and O–H groups in total. The molecule has 0 spiro atoms. The summed E-state index contributed by atoms with van der Waals surface area (Å²) in [6.45, 7) is 0.373. The molecular weight excluding hydrogens is 336 g/mol. The van der Waals surface area contributed by atoms with Crippen molar-refractivity contribution in [2.24, 2.45) is 11.1 Å². The number of nitrogens with zero attached hydrogens (tertiary/aromatic N) is 1. The van der Waals surface area contributed by atoms with Crippen molar-refractivity contribution in [2.75, 3.05) is 16.6 Å². The molecule has 1 fully saturated rings. The van der Waals surface area contributed by atoms with Gasteiger partial charge in [0.2, 0.25) is 20.0 Å². The van der Waals surface area contributed by atoms with Gasteiger partial charge in [-0.15, -0.1) is 0 Å². The molecule has 1 aromatic rings. The Morgan fingerprint density at radius 1 is 1.09 bits per heavy atom. The van der Waals surface area contributed by atoms with Crippen molar-refractivity contribution in [3.05, 3.63) is 23.8 Å². The van der Waals surface area contributed by atoms with Crippen molar-refractivity contribution >= 4 is 25.7 Å². The summed E-state index contributed by atoms with van der Waals surface area (Å²) < 4.78 is 49.7. The number of anilines is 1. The summed E-state index contributed by atoms with van der Waals surface area (Å²) in [5.41, 5.74) is 1.32. The highest BCUT2D eigenvalue weighted by molar-refractivity contribution is 7.92. The number of hydrogen-bond donors (Lipinski definition) is 1. The maximum Gasteiger partial charge on any atom is 0.238 e. The molecule has 1 aliphatic carbocycles. The molecule has 0 saturated heterocycles. The van der Waals surface area contributed by atoms with Gasteiger partial charge in [-0.1, -0.05) is 19.3 Å². The van der Waals surface area contributed by atoms with Crippen molar-refractivity contribution < 1.29 is 16.8 Å². The van der Waals surface area contributed by atoms with Gasteiger partial charge < -0.3 is 0 Å². The van der Waals surface area contributed by atoms with Gasteiger partial charge in [0.1, 0.15) is 0 Å². The fourth-order valence-corrected chi connectivity index (χ4v) is 6.08. The van der Waals surface area contributed by atoms with Crippen molar-refractivity contribution in [3.8, 4) is 0 Å². The van der Waals surface area contributed by atoms with Gasteiger partial charge in [0.05, 0.1) is 16.3 Å². The Kier molecular flexibility index (Phi) is 4.41. The number of hydrogen-bond acceptors (Lipinski definition) is 4. The van der Waals surface area contributed by atoms with E-state index in [2.05, 4.69) is 0 Å².